The van der Waals surface area contributed by atoms with Gasteiger partial charge in [-0.15, -0.1) is 0 Å². The van der Waals surface area contributed by atoms with Crippen molar-refractivity contribution < 1.29 is 19.1 Å². The number of rotatable bonds is 3. The monoisotopic (exact) mass is 223 g/mol. The van der Waals surface area contributed by atoms with Gasteiger partial charge in [-0.25, -0.2) is 9.18 Å². The number of hydrogen-bond donors (Lipinski definition) is 2. The van der Waals surface area contributed by atoms with Crippen molar-refractivity contribution in [2.75, 3.05) is 5.32 Å². The topological polar surface area (TPSA) is 66.4 Å². The average molecular weight is 223 g/mol. The van der Waals surface area contributed by atoms with Crippen LogP contribution in [0.25, 0.3) is 0 Å². The van der Waals surface area contributed by atoms with E-state index >= 15 is 0 Å². The predicted molar refractivity (Wildman–Crippen MR) is 54.7 cm³/mol. The molecule has 1 amide bonds. The highest BCUT2D eigenvalue weighted by Crippen LogP contribution is 2.31. The van der Waals surface area contributed by atoms with E-state index < -0.39 is 11.8 Å². The number of aromatic carboxylic acids is 1. The Morgan fingerprint density at radius 3 is 2.62 bits per heavy atom. The van der Waals surface area contributed by atoms with Crippen LogP contribution in [0.5, 0.6) is 0 Å². The molecule has 0 aromatic heterocycles. The maximum atomic E-state index is 13.4. The van der Waals surface area contributed by atoms with Crippen LogP contribution >= 0.6 is 0 Å². The zero-order chi connectivity index (χ0) is 11.7. The normalized spacial score (nSPS) is 14.6. The highest BCUT2D eigenvalue weighted by atomic mass is 19.1. The predicted octanol–water partition coefficient (Wildman–Crippen LogP) is 1.87. The van der Waals surface area contributed by atoms with Gasteiger partial charge in [0.1, 0.15) is 5.82 Å². The van der Waals surface area contributed by atoms with Crippen LogP contribution in [0.1, 0.15) is 23.2 Å². The fourth-order valence-electron chi connectivity index (χ4n) is 1.40. The van der Waals surface area contributed by atoms with Gasteiger partial charge in [0.2, 0.25) is 5.91 Å². The summed E-state index contributed by atoms with van der Waals surface area (Å²) in [6.07, 6.45) is 1.56. The average Bonchev–Trinajstić information content (AvgIpc) is 3.03. The molecule has 0 heterocycles. The standard InChI is InChI=1S/C11H10FNO3/c12-8-3-1-2-7(11(15)16)9(8)13-10(14)6-4-5-6/h1-3,6H,4-5H2,(H,13,14)(H,15,16). The molecule has 0 bridgehead atoms. The number of carboxylic acid groups (broad SMARTS) is 1. The van der Waals surface area contributed by atoms with Gasteiger partial charge in [-0.2, -0.15) is 0 Å². The highest BCUT2D eigenvalue weighted by Gasteiger charge is 2.31. The van der Waals surface area contributed by atoms with E-state index in [-0.39, 0.29) is 23.1 Å². The smallest absolute Gasteiger partial charge is 0.337 e. The molecule has 1 aliphatic rings. The van der Waals surface area contributed by atoms with Crippen LogP contribution in [0.3, 0.4) is 0 Å². The number of nitrogens with one attached hydrogen (secondary N) is 1. The first-order valence-electron chi connectivity index (χ1n) is 4.92. The van der Waals surface area contributed by atoms with Crippen molar-refractivity contribution in [2.24, 2.45) is 5.92 Å². The molecule has 1 aromatic rings. The first kappa shape index (κ1) is 10.6. The van der Waals surface area contributed by atoms with Crippen molar-refractivity contribution in [2.45, 2.75) is 12.8 Å². The summed E-state index contributed by atoms with van der Waals surface area (Å²) in [4.78, 5) is 22.3. The molecule has 1 fully saturated rings. The molecule has 0 aliphatic heterocycles. The van der Waals surface area contributed by atoms with Crippen LogP contribution in [0.2, 0.25) is 0 Å². The second kappa shape index (κ2) is 3.92. The van der Waals surface area contributed by atoms with Gasteiger partial charge in [0.15, 0.2) is 0 Å². The van der Waals surface area contributed by atoms with E-state index in [0.717, 1.165) is 18.9 Å². The summed E-state index contributed by atoms with van der Waals surface area (Å²) in [5.74, 6) is -2.40. The molecule has 5 heteroatoms. The lowest BCUT2D eigenvalue weighted by molar-refractivity contribution is -0.117. The Morgan fingerprint density at radius 2 is 2.06 bits per heavy atom. The molecule has 0 radical (unpaired) electrons. The first-order valence-corrected chi connectivity index (χ1v) is 4.92. The maximum Gasteiger partial charge on any atom is 0.337 e. The van der Waals surface area contributed by atoms with E-state index in [1.807, 2.05) is 0 Å². The molecule has 16 heavy (non-hydrogen) atoms. The third-order valence-electron chi connectivity index (χ3n) is 2.44. The van der Waals surface area contributed by atoms with Crippen molar-refractivity contribution in [1.29, 1.82) is 0 Å². The van der Waals surface area contributed by atoms with Gasteiger partial charge in [0.05, 0.1) is 11.3 Å². The quantitative estimate of drug-likeness (QED) is 0.822. The number of benzene rings is 1. The zero-order valence-electron chi connectivity index (χ0n) is 8.37. The summed E-state index contributed by atoms with van der Waals surface area (Å²) in [6.45, 7) is 0. The lowest BCUT2D eigenvalue weighted by Gasteiger charge is -2.08. The molecule has 2 rings (SSSR count). The van der Waals surface area contributed by atoms with Gasteiger partial charge in [0.25, 0.3) is 0 Å². The van der Waals surface area contributed by atoms with Gasteiger partial charge >= 0.3 is 5.97 Å². The number of para-hydroxylation sites is 1. The second-order valence-corrected chi connectivity index (χ2v) is 3.73. The van der Waals surface area contributed by atoms with Crippen LogP contribution in [-0.4, -0.2) is 17.0 Å². The molecule has 0 atom stereocenters. The van der Waals surface area contributed by atoms with Crippen molar-refractivity contribution in [3.63, 3.8) is 0 Å². The Bertz CT molecular complexity index is 455. The largest absolute Gasteiger partial charge is 0.478 e. The fraction of sp³-hybridized carbons (Fsp3) is 0.273. The number of hydrogen-bond acceptors (Lipinski definition) is 2. The van der Waals surface area contributed by atoms with Crippen LogP contribution in [-0.2, 0) is 4.79 Å². The molecule has 1 aliphatic carbocycles. The number of anilines is 1. The van der Waals surface area contributed by atoms with Crippen LogP contribution < -0.4 is 5.32 Å². The number of carbonyl (C=O) groups excluding carboxylic acids is 1. The van der Waals surface area contributed by atoms with Crippen molar-refractivity contribution in [1.82, 2.24) is 0 Å². The van der Waals surface area contributed by atoms with E-state index in [1.54, 1.807) is 0 Å². The summed E-state index contributed by atoms with van der Waals surface area (Å²) in [5.41, 5.74) is -0.471. The molecule has 0 saturated heterocycles. The van der Waals surface area contributed by atoms with Gasteiger partial charge < -0.3 is 10.4 Å². The fourth-order valence-corrected chi connectivity index (χ4v) is 1.40. The molecule has 1 aromatic carbocycles. The number of carbonyl (C=O) groups is 2. The maximum absolute atomic E-state index is 13.4. The Kier molecular flexibility index (Phi) is 2.60. The number of halogens is 1. The van der Waals surface area contributed by atoms with Crippen LogP contribution in [0.4, 0.5) is 10.1 Å². The summed E-state index contributed by atoms with van der Waals surface area (Å²) in [6, 6.07) is 3.68. The van der Waals surface area contributed by atoms with Gasteiger partial charge in [-0.1, -0.05) is 6.07 Å². The van der Waals surface area contributed by atoms with E-state index in [1.165, 1.54) is 12.1 Å². The summed E-state index contributed by atoms with van der Waals surface area (Å²) < 4.78 is 13.4. The zero-order valence-corrected chi connectivity index (χ0v) is 8.37. The Hall–Kier alpha value is -1.91. The van der Waals surface area contributed by atoms with Gasteiger partial charge in [-0.05, 0) is 25.0 Å². The van der Waals surface area contributed by atoms with E-state index in [4.69, 9.17) is 5.11 Å². The molecule has 84 valence electrons. The summed E-state index contributed by atoms with van der Waals surface area (Å²) in [5, 5.41) is 11.2. The summed E-state index contributed by atoms with van der Waals surface area (Å²) in [7, 11) is 0. The van der Waals surface area contributed by atoms with Crippen LogP contribution in [0.15, 0.2) is 18.2 Å². The van der Waals surface area contributed by atoms with Crippen LogP contribution in [0, 0.1) is 11.7 Å². The molecular weight excluding hydrogens is 213 g/mol. The van der Waals surface area contributed by atoms with Crippen molar-refractivity contribution >= 4 is 17.6 Å². The molecule has 1 saturated carbocycles. The third kappa shape index (κ3) is 2.03. The van der Waals surface area contributed by atoms with E-state index in [0.29, 0.717) is 0 Å². The summed E-state index contributed by atoms with van der Waals surface area (Å²) >= 11 is 0. The highest BCUT2D eigenvalue weighted by molar-refractivity contribution is 6.01. The van der Waals surface area contributed by atoms with Crippen molar-refractivity contribution in [3.05, 3.63) is 29.6 Å². The lowest BCUT2D eigenvalue weighted by Crippen LogP contribution is -2.17. The SMILES string of the molecule is O=C(O)c1cccc(F)c1NC(=O)C1CC1. The third-order valence-corrected chi connectivity index (χ3v) is 2.44. The molecule has 2 N–H and O–H groups in total. The molecular formula is C11H10FNO3. The Labute approximate surface area is 91.1 Å². The van der Waals surface area contributed by atoms with Crippen molar-refractivity contribution in [3.8, 4) is 0 Å². The Balaban J connectivity index is 2.29. The minimum absolute atomic E-state index is 0.0961. The number of amides is 1. The molecule has 0 spiro atoms. The van der Waals surface area contributed by atoms with E-state index in [9.17, 15) is 14.0 Å². The Morgan fingerprint density at radius 1 is 1.38 bits per heavy atom. The molecule has 4 nitrogen and oxygen atoms in total. The minimum atomic E-state index is -1.26. The van der Waals surface area contributed by atoms with Gasteiger partial charge in [0, 0.05) is 5.92 Å². The lowest BCUT2D eigenvalue weighted by atomic mass is 10.1. The van der Waals surface area contributed by atoms with E-state index in [2.05, 4.69) is 5.32 Å². The second-order valence-electron chi connectivity index (χ2n) is 3.73. The number of carboxylic acids is 1. The molecule has 0 unspecified atom stereocenters. The van der Waals surface area contributed by atoms with Gasteiger partial charge in [-0.3, -0.25) is 4.79 Å². The first-order chi connectivity index (χ1) is 7.59. The minimum Gasteiger partial charge on any atom is -0.478 e.